The van der Waals surface area contributed by atoms with Gasteiger partial charge < -0.3 is 19.8 Å². The lowest BCUT2D eigenvalue weighted by atomic mass is 9.71. The minimum absolute atomic E-state index is 0.125. The maximum absolute atomic E-state index is 11.8. The average Bonchev–Trinajstić information content (AvgIpc) is 3.39. The Morgan fingerprint density at radius 1 is 1.33 bits per heavy atom. The van der Waals surface area contributed by atoms with E-state index in [0.29, 0.717) is 29.2 Å². The zero-order chi connectivity index (χ0) is 25.5. The van der Waals surface area contributed by atoms with E-state index in [9.17, 15) is 15.0 Å². The number of hydrogen-bond donors (Lipinski definition) is 2. The number of thioether (sulfide) groups is 1. The van der Waals surface area contributed by atoms with E-state index in [1.165, 1.54) is 4.90 Å². The number of piperidine rings is 1. The zero-order valence-electron chi connectivity index (χ0n) is 20.5. The Hall–Kier alpha value is -1.84. The number of ether oxygens (including phenoxy) is 1. The molecule has 3 heterocycles. The highest BCUT2D eigenvalue weighted by molar-refractivity contribution is 7.99. The molecule has 2 aromatic heterocycles. The fourth-order valence-electron chi connectivity index (χ4n) is 5.12. The van der Waals surface area contributed by atoms with Crippen molar-refractivity contribution in [2.75, 3.05) is 32.5 Å². The number of carbonyl (C=O) groups is 1. The van der Waals surface area contributed by atoms with Crippen LogP contribution in [-0.2, 0) is 4.79 Å². The summed E-state index contributed by atoms with van der Waals surface area (Å²) in [5, 5.41) is 26.3. The zero-order valence-corrected chi connectivity index (χ0v) is 22.9. The molecule has 1 aromatic carbocycles. The number of hydrogen-bond acceptors (Lipinski definition) is 7. The van der Waals surface area contributed by atoms with Crippen molar-refractivity contribution in [1.82, 2.24) is 9.88 Å². The number of thiophene rings is 1. The third-order valence-corrected chi connectivity index (χ3v) is 9.39. The molecule has 1 aliphatic heterocycles. The second-order valence-electron chi connectivity index (χ2n) is 9.53. The monoisotopic (exact) mass is 548 g/mol. The number of aromatic nitrogens is 1. The number of rotatable bonds is 12. The summed E-state index contributed by atoms with van der Waals surface area (Å²) in [6.07, 6.45) is 4.71. The molecule has 0 radical (unpaired) electrons. The Morgan fingerprint density at radius 2 is 2.14 bits per heavy atom. The number of aliphatic hydroxyl groups is 1. The minimum atomic E-state index is -0.812. The quantitative estimate of drug-likeness (QED) is 0.197. The van der Waals surface area contributed by atoms with E-state index in [4.69, 9.17) is 16.3 Å². The van der Waals surface area contributed by atoms with Gasteiger partial charge in [0, 0.05) is 27.4 Å². The van der Waals surface area contributed by atoms with Gasteiger partial charge in [0.15, 0.2) is 0 Å². The van der Waals surface area contributed by atoms with Crippen molar-refractivity contribution in [3.63, 3.8) is 0 Å². The number of carboxylic acids is 1. The predicted molar refractivity (Wildman–Crippen MR) is 148 cm³/mol. The van der Waals surface area contributed by atoms with Crippen LogP contribution >= 0.6 is 34.7 Å². The fraction of sp³-hybridized carbons (Fsp3) is 0.481. The van der Waals surface area contributed by atoms with Gasteiger partial charge in [0.2, 0.25) is 0 Å². The van der Waals surface area contributed by atoms with Gasteiger partial charge in [0.05, 0.1) is 30.2 Å². The molecular weight excluding hydrogens is 516 g/mol. The first kappa shape index (κ1) is 27.2. The Bertz CT molecular complexity index is 1150. The second-order valence-corrected chi connectivity index (χ2v) is 11.9. The summed E-state index contributed by atoms with van der Waals surface area (Å²) < 4.78 is 5.35. The molecule has 1 fully saturated rings. The van der Waals surface area contributed by atoms with E-state index >= 15 is 0 Å². The van der Waals surface area contributed by atoms with E-state index in [0.717, 1.165) is 55.6 Å². The van der Waals surface area contributed by atoms with Crippen LogP contribution in [0.15, 0.2) is 46.1 Å². The summed E-state index contributed by atoms with van der Waals surface area (Å²) in [5.41, 5.74) is 1.05. The van der Waals surface area contributed by atoms with Crippen LogP contribution in [0.1, 0.15) is 50.2 Å². The molecule has 0 bridgehead atoms. The first-order valence-corrected chi connectivity index (χ1v) is 14.6. The van der Waals surface area contributed by atoms with Crippen LogP contribution in [0, 0.1) is 5.41 Å². The molecule has 36 heavy (non-hydrogen) atoms. The third kappa shape index (κ3) is 6.92. The molecule has 9 heteroatoms. The van der Waals surface area contributed by atoms with Crippen molar-refractivity contribution in [3.8, 4) is 5.75 Å². The van der Waals surface area contributed by atoms with Crippen LogP contribution in [0.25, 0.3) is 10.9 Å². The van der Waals surface area contributed by atoms with E-state index in [2.05, 4.69) is 26.7 Å². The number of benzene rings is 1. The van der Waals surface area contributed by atoms with Gasteiger partial charge in [0.1, 0.15) is 5.75 Å². The average molecular weight is 549 g/mol. The first-order chi connectivity index (χ1) is 17.4. The molecular formula is C27H33ClN2O4S2. The van der Waals surface area contributed by atoms with E-state index in [1.54, 1.807) is 24.6 Å². The number of pyridine rings is 1. The highest BCUT2D eigenvalue weighted by Crippen LogP contribution is 2.43. The molecule has 0 spiro atoms. The number of carboxylic acid groups (broad SMARTS) is 1. The molecule has 6 nitrogen and oxygen atoms in total. The fourth-order valence-corrected chi connectivity index (χ4v) is 7.11. The number of aliphatic carboxylic acids is 1. The largest absolute Gasteiger partial charge is 0.497 e. The van der Waals surface area contributed by atoms with Crippen LogP contribution in [0.4, 0.5) is 0 Å². The number of aliphatic hydroxyl groups excluding tert-OH is 1. The van der Waals surface area contributed by atoms with Gasteiger partial charge in [-0.1, -0.05) is 11.6 Å². The lowest BCUT2D eigenvalue weighted by molar-refractivity contribution is -0.141. The standard InChI is InChI=1S/C27H33ClN2O4S2/c1-34-19-3-4-23-21(15-19)26(22(28)17-29-23)24(31)5-7-27(16-25(32)33)8-11-30(12-9-27)10-2-13-36-20-6-14-35-18-20/h3-4,6,14-15,17-18,24,31H,2,5,7-13,16H2,1H3,(H,32,33)/t24-/m1/s1. The number of halogens is 1. The molecule has 2 N–H and O–H groups in total. The van der Waals surface area contributed by atoms with Crippen molar-refractivity contribution in [2.45, 2.75) is 49.5 Å². The molecule has 194 valence electrons. The molecule has 0 unspecified atom stereocenters. The van der Waals surface area contributed by atoms with Crippen LogP contribution in [-0.4, -0.2) is 58.6 Å². The maximum atomic E-state index is 11.8. The number of likely N-dealkylation sites (tertiary alicyclic amines) is 1. The Morgan fingerprint density at radius 3 is 2.83 bits per heavy atom. The smallest absolute Gasteiger partial charge is 0.303 e. The third-order valence-electron chi connectivity index (χ3n) is 7.17. The van der Waals surface area contributed by atoms with Crippen molar-refractivity contribution >= 4 is 51.6 Å². The number of methoxy groups -OCH3 is 1. The maximum Gasteiger partial charge on any atom is 0.303 e. The van der Waals surface area contributed by atoms with Gasteiger partial charge in [-0.15, -0.1) is 11.8 Å². The van der Waals surface area contributed by atoms with Crippen LogP contribution in [0.2, 0.25) is 5.02 Å². The molecule has 1 saturated heterocycles. The van der Waals surface area contributed by atoms with Crippen molar-refractivity contribution in [3.05, 3.63) is 51.8 Å². The van der Waals surface area contributed by atoms with Crippen LogP contribution in [0.5, 0.6) is 5.75 Å². The van der Waals surface area contributed by atoms with E-state index in [1.807, 2.05) is 30.0 Å². The molecule has 0 saturated carbocycles. The van der Waals surface area contributed by atoms with Gasteiger partial charge in [-0.3, -0.25) is 9.78 Å². The van der Waals surface area contributed by atoms with Gasteiger partial charge in [-0.05, 0) is 92.6 Å². The highest BCUT2D eigenvalue weighted by Gasteiger charge is 2.37. The van der Waals surface area contributed by atoms with Crippen molar-refractivity contribution < 1.29 is 19.7 Å². The summed E-state index contributed by atoms with van der Waals surface area (Å²) in [6, 6.07) is 7.68. The van der Waals surface area contributed by atoms with Crippen molar-refractivity contribution in [2.24, 2.45) is 5.41 Å². The Kier molecular flexibility index (Phi) is 9.52. The SMILES string of the molecule is COc1ccc2ncc(Cl)c([C@H](O)CCC3(CC(=O)O)CCN(CCCSc4ccsc4)CC3)c2c1. The number of fused-ring (bicyclic) bond motifs is 1. The highest BCUT2D eigenvalue weighted by atomic mass is 35.5. The lowest BCUT2D eigenvalue weighted by Gasteiger charge is -2.41. The lowest BCUT2D eigenvalue weighted by Crippen LogP contribution is -2.41. The van der Waals surface area contributed by atoms with Gasteiger partial charge in [-0.25, -0.2) is 0 Å². The van der Waals surface area contributed by atoms with Crippen LogP contribution < -0.4 is 4.74 Å². The summed E-state index contributed by atoms with van der Waals surface area (Å²) in [7, 11) is 1.60. The van der Waals surface area contributed by atoms with Gasteiger partial charge in [0.25, 0.3) is 0 Å². The van der Waals surface area contributed by atoms with E-state index in [-0.39, 0.29) is 11.8 Å². The van der Waals surface area contributed by atoms with E-state index < -0.39 is 12.1 Å². The summed E-state index contributed by atoms with van der Waals surface area (Å²) >= 11 is 10.1. The predicted octanol–water partition coefficient (Wildman–Crippen LogP) is 6.51. The summed E-state index contributed by atoms with van der Waals surface area (Å²) in [6.45, 7) is 2.81. The summed E-state index contributed by atoms with van der Waals surface area (Å²) in [4.78, 5) is 19.9. The second kappa shape index (κ2) is 12.6. The van der Waals surface area contributed by atoms with Gasteiger partial charge in [-0.2, -0.15) is 11.3 Å². The Balaban J connectivity index is 1.37. The van der Waals surface area contributed by atoms with Crippen LogP contribution in [0.3, 0.4) is 0 Å². The summed E-state index contributed by atoms with van der Waals surface area (Å²) in [5.74, 6) is 0.983. The normalized spacial score (nSPS) is 16.8. The van der Waals surface area contributed by atoms with Gasteiger partial charge >= 0.3 is 5.97 Å². The minimum Gasteiger partial charge on any atom is -0.497 e. The molecule has 4 rings (SSSR count). The molecule has 0 amide bonds. The number of nitrogens with zero attached hydrogens (tertiary/aromatic N) is 2. The van der Waals surface area contributed by atoms with Crippen molar-refractivity contribution in [1.29, 1.82) is 0 Å². The Labute approximate surface area is 225 Å². The molecule has 0 aliphatic carbocycles. The molecule has 1 aliphatic rings. The molecule has 3 aromatic rings. The molecule has 1 atom stereocenters. The topological polar surface area (TPSA) is 82.9 Å². The first-order valence-electron chi connectivity index (χ1n) is 12.3.